The fourth-order valence-electron chi connectivity index (χ4n) is 1.92. The maximum atomic E-state index is 6.11. The zero-order valence-corrected chi connectivity index (χ0v) is 12.5. The first-order chi connectivity index (χ1) is 8.49. The predicted octanol–water partition coefficient (Wildman–Crippen LogP) is 4.42. The Morgan fingerprint density at radius 1 is 1.00 bits per heavy atom. The molecule has 0 saturated heterocycles. The molecular weight excluding hydrogens is 288 g/mol. The summed E-state index contributed by atoms with van der Waals surface area (Å²) in [6.45, 7) is 4.18. The van der Waals surface area contributed by atoms with Crippen LogP contribution in [0.1, 0.15) is 11.1 Å². The van der Waals surface area contributed by atoms with Gasteiger partial charge in [-0.15, -0.1) is 0 Å². The van der Waals surface area contributed by atoms with E-state index in [0.29, 0.717) is 0 Å². The van der Waals surface area contributed by atoms with Crippen LogP contribution >= 0.6 is 15.9 Å². The minimum absolute atomic E-state index is 0.809. The number of nitrogens with two attached hydrogens (primary N) is 1. The summed E-state index contributed by atoms with van der Waals surface area (Å²) >= 11 is 3.44. The molecule has 0 unspecified atom stereocenters. The molecule has 0 heterocycles. The van der Waals surface area contributed by atoms with E-state index in [4.69, 9.17) is 5.73 Å². The Labute approximate surface area is 117 Å². The van der Waals surface area contributed by atoms with Gasteiger partial charge in [-0.05, 0) is 61.4 Å². The molecule has 2 aromatic carbocycles. The van der Waals surface area contributed by atoms with Crippen LogP contribution in [0.15, 0.2) is 40.9 Å². The molecule has 0 amide bonds. The second-order valence-corrected chi connectivity index (χ2v) is 5.45. The third-order valence-electron chi connectivity index (χ3n) is 3.22. The van der Waals surface area contributed by atoms with Gasteiger partial charge in [0.15, 0.2) is 0 Å². The lowest BCUT2D eigenvalue weighted by Gasteiger charge is -2.22. The summed E-state index contributed by atoms with van der Waals surface area (Å²) in [4.78, 5) is 2.11. The van der Waals surface area contributed by atoms with Crippen LogP contribution in [0.3, 0.4) is 0 Å². The Balaban J connectivity index is 2.42. The minimum atomic E-state index is 0.809. The third kappa shape index (κ3) is 2.51. The molecule has 0 aromatic heterocycles. The SMILES string of the molecule is Cc1cc(N)c(N(C)c2ccc(Br)cc2)cc1C. The maximum absolute atomic E-state index is 6.11. The van der Waals surface area contributed by atoms with Crippen LogP contribution < -0.4 is 10.6 Å². The van der Waals surface area contributed by atoms with E-state index in [-0.39, 0.29) is 0 Å². The number of hydrogen-bond acceptors (Lipinski definition) is 2. The molecule has 0 bridgehead atoms. The molecule has 0 aliphatic rings. The van der Waals surface area contributed by atoms with Gasteiger partial charge in [0.1, 0.15) is 0 Å². The average molecular weight is 305 g/mol. The van der Waals surface area contributed by atoms with Crippen molar-refractivity contribution < 1.29 is 0 Å². The Hall–Kier alpha value is -1.48. The van der Waals surface area contributed by atoms with E-state index >= 15 is 0 Å². The van der Waals surface area contributed by atoms with Gasteiger partial charge in [-0.2, -0.15) is 0 Å². The number of nitrogen functional groups attached to an aromatic ring is 1. The number of aryl methyl sites for hydroxylation is 2. The standard InChI is InChI=1S/C15H17BrN2/c1-10-8-14(17)15(9-11(10)2)18(3)13-6-4-12(16)5-7-13/h4-9H,17H2,1-3H3. The number of benzene rings is 2. The van der Waals surface area contributed by atoms with Crippen LogP contribution in [-0.2, 0) is 0 Å². The van der Waals surface area contributed by atoms with Gasteiger partial charge in [-0.3, -0.25) is 0 Å². The first-order valence-electron chi connectivity index (χ1n) is 5.85. The van der Waals surface area contributed by atoms with E-state index in [2.05, 4.69) is 52.9 Å². The van der Waals surface area contributed by atoms with Crippen LogP contribution in [0, 0.1) is 13.8 Å². The number of nitrogens with zero attached hydrogens (tertiary/aromatic N) is 1. The molecule has 18 heavy (non-hydrogen) atoms. The molecule has 2 rings (SSSR count). The van der Waals surface area contributed by atoms with E-state index in [1.54, 1.807) is 0 Å². The smallest absolute Gasteiger partial charge is 0.0644 e. The Bertz CT molecular complexity index is 561. The minimum Gasteiger partial charge on any atom is -0.397 e. The normalized spacial score (nSPS) is 10.4. The van der Waals surface area contributed by atoms with Gasteiger partial charge in [-0.25, -0.2) is 0 Å². The summed E-state index contributed by atoms with van der Waals surface area (Å²) in [5.41, 5.74) is 11.6. The van der Waals surface area contributed by atoms with Crippen molar-refractivity contribution >= 4 is 33.0 Å². The van der Waals surface area contributed by atoms with Crippen molar-refractivity contribution in [3.8, 4) is 0 Å². The van der Waals surface area contributed by atoms with Crippen molar-refractivity contribution in [2.75, 3.05) is 17.7 Å². The predicted molar refractivity (Wildman–Crippen MR) is 82.5 cm³/mol. The second kappa shape index (κ2) is 5.02. The van der Waals surface area contributed by atoms with Gasteiger partial charge >= 0.3 is 0 Å². The van der Waals surface area contributed by atoms with Gasteiger partial charge in [0.25, 0.3) is 0 Å². The lowest BCUT2D eigenvalue weighted by atomic mass is 10.1. The van der Waals surface area contributed by atoms with Crippen molar-refractivity contribution in [3.05, 3.63) is 52.0 Å². The van der Waals surface area contributed by atoms with Crippen molar-refractivity contribution in [3.63, 3.8) is 0 Å². The fraction of sp³-hybridized carbons (Fsp3) is 0.200. The van der Waals surface area contributed by atoms with Crippen molar-refractivity contribution in [1.82, 2.24) is 0 Å². The summed E-state index contributed by atoms with van der Waals surface area (Å²) in [6.07, 6.45) is 0. The monoisotopic (exact) mass is 304 g/mol. The van der Waals surface area contributed by atoms with Crippen LogP contribution in [0.2, 0.25) is 0 Å². The van der Waals surface area contributed by atoms with Crippen LogP contribution in [0.4, 0.5) is 17.1 Å². The summed E-state index contributed by atoms with van der Waals surface area (Å²) < 4.78 is 1.08. The lowest BCUT2D eigenvalue weighted by Crippen LogP contribution is -2.12. The molecule has 0 saturated carbocycles. The second-order valence-electron chi connectivity index (χ2n) is 4.53. The van der Waals surface area contributed by atoms with Gasteiger partial charge in [0.05, 0.1) is 11.4 Å². The molecular formula is C15H17BrN2. The summed E-state index contributed by atoms with van der Waals surface area (Å²) in [6, 6.07) is 12.4. The zero-order valence-electron chi connectivity index (χ0n) is 10.9. The zero-order chi connectivity index (χ0) is 13.3. The van der Waals surface area contributed by atoms with Crippen molar-refractivity contribution in [1.29, 1.82) is 0 Å². The van der Waals surface area contributed by atoms with E-state index in [1.165, 1.54) is 11.1 Å². The van der Waals surface area contributed by atoms with Crippen molar-refractivity contribution in [2.45, 2.75) is 13.8 Å². The molecule has 0 atom stereocenters. The number of anilines is 3. The molecule has 2 aromatic rings. The topological polar surface area (TPSA) is 29.3 Å². The Morgan fingerprint density at radius 3 is 2.17 bits per heavy atom. The molecule has 0 spiro atoms. The molecule has 94 valence electrons. The van der Waals surface area contributed by atoms with Gasteiger partial charge in [-0.1, -0.05) is 15.9 Å². The molecule has 2 N–H and O–H groups in total. The highest BCUT2D eigenvalue weighted by molar-refractivity contribution is 9.10. The van der Waals surface area contributed by atoms with Gasteiger partial charge in [0.2, 0.25) is 0 Å². The quantitative estimate of drug-likeness (QED) is 0.832. The molecule has 0 aliphatic carbocycles. The van der Waals surface area contributed by atoms with Gasteiger partial charge in [0, 0.05) is 17.2 Å². The number of hydrogen-bond donors (Lipinski definition) is 1. The Morgan fingerprint density at radius 2 is 1.56 bits per heavy atom. The molecule has 0 fully saturated rings. The maximum Gasteiger partial charge on any atom is 0.0644 e. The van der Waals surface area contributed by atoms with Crippen LogP contribution in [0.5, 0.6) is 0 Å². The van der Waals surface area contributed by atoms with Crippen molar-refractivity contribution in [2.24, 2.45) is 0 Å². The summed E-state index contributed by atoms with van der Waals surface area (Å²) in [7, 11) is 2.03. The highest BCUT2D eigenvalue weighted by Gasteiger charge is 2.09. The average Bonchev–Trinajstić information content (AvgIpc) is 2.34. The van der Waals surface area contributed by atoms with E-state index in [0.717, 1.165) is 21.5 Å². The molecule has 3 heteroatoms. The third-order valence-corrected chi connectivity index (χ3v) is 3.75. The highest BCUT2D eigenvalue weighted by Crippen LogP contribution is 2.31. The lowest BCUT2D eigenvalue weighted by molar-refractivity contribution is 1.19. The van der Waals surface area contributed by atoms with Gasteiger partial charge < -0.3 is 10.6 Å². The summed E-state index contributed by atoms with van der Waals surface area (Å²) in [5, 5.41) is 0. The van der Waals surface area contributed by atoms with E-state index in [1.807, 2.05) is 25.2 Å². The van der Waals surface area contributed by atoms with E-state index in [9.17, 15) is 0 Å². The van der Waals surface area contributed by atoms with E-state index < -0.39 is 0 Å². The van der Waals surface area contributed by atoms with Crippen LogP contribution in [0.25, 0.3) is 0 Å². The number of rotatable bonds is 2. The molecule has 0 radical (unpaired) electrons. The first kappa shape index (κ1) is 13.0. The largest absolute Gasteiger partial charge is 0.397 e. The highest BCUT2D eigenvalue weighted by atomic mass is 79.9. The number of halogens is 1. The van der Waals surface area contributed by atoms with Crippen LogP contribution in [-0.4, -0.2) is 7.05 Å². The molecule has 0 aliphatic heterocycles. The molecule has 2 nitrogen and oxygen atoms in total. The fourth-order valence-corrected chi connectivity index (χ4v) is 2.18. The Kier molecular flexibility index (Phi) is 3.62. The summed E-state index contributed by atoms with van der Waals surface area (Å²) in [5.74, 6) is 0. The first-order valence-corrected chi connectivity index (χ1v) is 6.64.